The van der Waals surface area contributed by atoms with Gasteiger partial charge in [-0.15, -0.1) is 0 Å². The molecule has 2 aliphatic heterocycles. The summed E-state index contributed by atoms with van der Waals surface area (Å²) in [5.74, 6) is 0.840. The van der Waals surface area contributed by atoms with Crippen molar-refractivity contribution in [2.45, 2.75) is 31.8 Å². The molecule has 0 aliphatic carbocycles. The molecule has 16 heavy (non-hydrogen) atoms. The minimum Gasteiger partial charge on any atom is -0.368 e. The number of hydrogen-bond acceptors (Lipinski definition) is 3. The average Bonchev–Trinajstić information content (AvgIpc) is 2.83. The van der Waals surface area contributed by atoms with Gasteiger partial charge in [0.1, 0.15) is 6.10 Å². The highest BCUT2D eigenvalue weighted by Crippen LogP contribution is 2.17. The molecule has 4 nitrogen and oxygen atoms in total. The van der Waals surface area contributed by atoms with E-state index < -0.39 is 0 Å². The molecule has 0 aromatic rings. The smallest absolute Gasteiger partial charge is 0.251 e. The molecule has 0 unspecified atom stereocenters. The summed E-state index contributed by atoms with van der Waals surface area (Å²) in [7, 11) is 1.91. The number of likely N-dealkylation sites (N-methyl/N-ethyl adjacent to an activating group) is 1. The molecule has 0 saturated carbocycles. The number of carbonyl (C=O) groups excluding carboxylic acids is 1. The summed E-state index contributed by atoms with van der Waals surface area (Å²) in [6, 6.07) is 0. The Labute approximate surface area is 97.3 Å². The van der Waals surface area contributed by atoms with Gasteiger partial charge >= 0.3 is 0 Å². The van der Waals surface area contributed by atoms with E-state index in [2.05, 4.69) is 5.32 Å². The van der Waals surface area contributed by atoms with Crippen LogP contribution in [-0.4, -0.2) is 50.2 Å². The summed E-state index contributed by atoms with van der Waals surface area (Å²) in [4.78, 5) is 13.9. The Morgan fingerprint density at radius 1 is 1.38 bits per heavy atom. The summed E-state index contributed by atoms with van der Waals surface area (Å²) in [5.41, 5.74) is 0. The fraction of sp³-hybridized carbons (Fsp3) is 0.917. The fourth-order valence-electron chi connectivity index (χ4n) is 2.56. The van der Waals surface area contributed by atoms with Crippen LogP contribution in [0.3, 0.4) is 0 Å². The summed E-state index contributed by atoms with van der Waals surface area (Å²) in [6.07, 6.45) is 4.13. The molecule has 2 fully saturated rings. The molecule has 0 bridgehead atoms. The van der Waals surface area contributed by atoms with Gasteiger partial charge in [0, 0.05) is 20.2 Å². The topological polar surface area (TPSA) is 41.6 Å². The Balaban J connectivity index is 1.77. The maximum Gasteiger partial charge on any atom is 0.251 e. The number of ether oxygens (including phenoxy) is 1. The number of rotatable bonds is 3. The maximum absolute atomic E-state index is 12.0. The van der Waals surface area contributed by atoms with Gasteiger partial charge in [0.2, 0.25) is 0 Å². The van der Waals surface area contributed by atoms with Crippen LogP contribution in [0.4, 0.5) is 0 Å². The van der Waals surface area contributed by atoms with Crippen LogP contribution in [0.5, 0.6) is 0 Å². The summed E-state index contributed by atoms with van der Waals surface area (Å²) < 4.78 is 5.42. The average molecular weight is 226 g/mol. The third-order valence-electron chi connectivity index (χ3n) is 3.57. The van der Waals surface area contributed by atoms with E-state index in [1.54, 1.807) is 0 Å². The molecule has 1 atom stereocenters. The van der Waals surface area contributed by atoms with Crippen molar-refractivity contribution in [3.05, 3.63) is 0 Å². The zero-order chi connectivity index (χ0) is 11.4. The summed E-state index contributed by atoms with van der Waals surface area (Å²) in [6.45, 7) is 3.82. The zero-order valence-electron chi connectivity index (χ0n) is 10.1. The first kappa shape index (κ1) is 11.9. The number of carbonyl (C=O) groups is 1. The van der Waals surface area contributed by atoms with Crippen molar-refractivity contribution in [2.75, 3.05) is 33.3 Å². The summed E-state index contributed by atoms with van der Waals surface area (Å²) in [5, 5.41) is 3.34. The van der Waals surface area contributed by atoms with Gasteiger partial charge in [-0.05, 0) is 44.7 Å². The Bertz CT molecular complexity index is 233. The molecule has 0 aromatic carbocycles. The third kappa shape index (κ3) is 2.95. The molecular weight excluding hydrogens is 204 g/mol. The van der Waals surface area contributed by atoms with E-state index >= 15 is 0 Å². The van der Waals surface area contributed by atoms with Crippen LogP contribution in [0.1, 0.15) is 25.7 Å². The van der Waals surface area contributed by atoms with Crippen LogP contribution < -0.4 is 5.32 Å². The van der Waals surface area contributed by atoms with E-state index in [1.165, 1.54) is 12.8 Å². The van der Waals surface area contributed by atoms with Crippen molar-refractivity contribution in [3.8, 4) is 0 Å². The molecule has 0 aromatic heterocycles. The van der Waals surface area contributed by atoms with Gasteiger partial charge in [-0.25, -0.2) is 0 Å². The van der Waals surface area contributed by atoms with Gasteiger partial charge in [0.25, 0.3) is 5.91 Å². The first-order chi connectivity index (χ1) is 7.77. The van der Waals surface area contributed by atoms with Gasteiger partial charge in [-0.1, -0.05) is 0 Å². The minimum absolute atomic E-state index is 0.160. The maximum atomic E-state index is 12.0. The predicted octanol–water partition coefficient (Wildman–Crippen LogP) is 0.623. The molecule has 1 amide bonds. The van der Waals surface area contributed by atoms with Crippen LogP contribution in [0.2, 0.25) is 0 Å². The molecule has 2 heterocycles. The lowest BCUT2D eigenvalue weighted by atomic mass is 9.97. The second-order valence-corrected chi connectivity index (χ2v) is 4.91. The molecule has 4 heteroatoms. The number of nitrogens with zero attached hydrogens (tertiary/aromatic N) is 1. The number of nitrogens with one attached hydrogen (secondary N) is 1. The lowest BCUT2D eigenvalue weighted by Crippen LogP contribution is -2.41. The van der Waals surface area contributed by atoms with E-state index in [1.807, 2.05) is 11.9 Å². The SMILES string of the molecule is CN(CC1CCNCC1)C(=O)[C@@H]1CCCO1. The molecule has 2 aliphatic rings. The van der Waals surface area contributed by atoms with Gasteiger partial charge in [0.05, 0.1) is 0 Å². The Hall–Kier alpha value is -0.610. The molecule has 92 valence electrons. The molecule has 2 saturated heterocycles. The molecule has 1 N–H and O–H groups in total. The van der Waals surface area contributed by atoms with Gasteiger partial charge < -0.3 is 15.0 Å². The van der Waals surface area contributed by atoms with Crippen molar-refractivity contribution in [1.29, 1.82) is 0 Å². The Morgan fingerprint density at radius 3 is 2.75 bits per heavy atom. The van der Waals surface area contributed by atoms with Gasteiger partial charge in [-0.3, -0.25) is 4.79 Å². The normalized spacial score (nSPS) is 26.9. The molecular formula is C12H22N2O2. The lowest BCUT2D eigenvalue weighted by Gasteiger charge is -2.28. The fourth-order valence-corrected chi connectivity index (χ4v) is 2.56. The first-order valence-electron chi connectivity index (χ1n) is 6.34. The van der Waals surface area contributed by atoms with Crippen LogP contribution >= 0.6 is 0 Å². The number of piperidine rings is 1. The Morgan fingerprint density at radius 2 is 2.12 bits per heavy atom. The lowest BCUT2D eigenvalue weighted by molar-refractivity contribution is -0.140. The van der Waals surface area contributed by atoms with E-state index in [-0.39, 0.29) is 12.0 Å². The highest BCUT2D eigenvalue weighted by molar-refractivity contribution is 5.80. The van der Waals surface area contributed by atoms with Crippen molar-refractivity contribution in [3.63, 3.8) is 0 Å². The second-order valence-electron chi connectivity index (χ2n) is 4.91. The van der Waals surface area contributed by atoms with E-state index in [9.17, 15) is 4.79 Å². The first-order valence-corrected chi connectivity index (χ1v) is 6.34. The summed E-state index contributed by atoms with van der Waals surface area (Å²) >= 11 is 0. The third-order valence-corrected chi connectivity index (χ3v) is 3.57. The van der Waals surface area contributed by atoms with Crippen molar-refractivity contribution in [2.24, 2.45) is 5.92 Å². The van der Waals surface area contributed by atoms with Gasteiger partial charge in [0.15, 0.2) is 0 Å². The molecule has 2 rings (SSSR count). The van der Waals surface area contributed by atoms with Crippen LogP contribution in [-0.2, 0) is 9.53 Å². The highest BCUT2D eigenvalue weighted by Gasteiger charge is 2.27. The quantitative estimate of drug-likeness (QED) is 0.767. The van der Waals surface area contributed by atoms with E-state index in [0.717, 1.165) is 39.1 Å². The number of hydrogen-bond donors (Lipinski definition) is 1. The highest BCUT2D eigenvalue weighted by atomic mass is 16.5. The van der Waals surface area contributed by atoms with E-state index in [4.69, 9.17) is 4.74 Å². The predicted molar refractivity (Wildman–Crippen MR) is 62.2 cm³/mol. The van der Waals surface area contributed by atoms with Crippen molar-refractivity contribution in [1.82, 2.24) is 10.2 Å². The molecule has 0 radical (unpaired) electrons. The zero-order valence-corrected chi connectivity index (χ0v) is 10.1. The second kappa shape index (κ2) is 5.64. The number of amides is 1. The Kier molecular flexibility index (Phi) is 4.18. The van der Waals surface area contributed by atoms with Crippen molar-refractivity contribution >= 4 is 5.91 Å². The van der Waals surface area contributed by atoms with E-state index in [0.29, 0.717) is 5.92 Å². The van der Waals surface area contributed by atoms with Crippen LogP contribution in [0, 0.1) is 5.92 Å². The molecule has 0 spiro atoms. The minimum atomic E-state index is -0.160. The van der Waals surface area contributed by atoms with Crippen molar-refractivity contribution < 1.29 is 9.53 Å². The standard InChI is InChI=1S/C12H22N2O2/c1-14(9-10-4-6-13-7-5-10)12(15)11-3-2-8-16-11/h10-11,13H,2-9H2,1H3/t11-/m0/s1. The monoisotopic (exact) mass is 226 g/mol. The van der Waals surface area contributed by atoms with Crippen LogP contribution in [0.15, 0.2) is 0 Å². The largest absolute Gasteiger partial charge is 0.368 e. The van der Waals surface area contributed by atoms with Gasteiger partial charge in [-0.2, -0.15) is 0 Å². The van der Waals surface area contributed by atoms with Crippen LogP contribution in [0.25, 0.3) is 0 Å².